The molecule has 11 N–H and O–H groups in total. The van der Waals surface area contributed by atoms with E-state index < -0.39 is 54.9 Å². The molecule has 1 saturated carbocycles. The summed E-state index contributed by atoms with van der Waals surface area (Å²) in [6, 6.07) is -0.859. The van der Waals surface area contributed by atoms with E-state index in [9.17, 15) is 58.8 Å². The summed E-state index contributed by atoms with van der Waals surface area (Å²) >= 11 is 0. The van der Waals surface area contributed by atoms with E-state index in [-0.39, 0.29) is 110 Å². The third-order valence-corrected chi connectivity index (χ3v) is 12.5. The topological polar surface area (TPSA) is 355 Å². The molecule has 3 aliphatic rings. The Morgan fingerprint density at radius 3 is 1.76 bits per heavy atom. The Kier molecular flexibility index (Phi) is 29.9. The van der Waals surface area contributed by atoms with E-state index in [0.29, 0.717) is 63.5 Å². The molecule has 0 bridgehead atoms. The van der Waals surface area contributed by atoms with Crippen LogP contribution in [0, 0.1) is 5.92 Å². The molecular formula is C44H81BN12O14. The van der Waals surface area contributed by atoms with Crippen molar-refractivity contribution >= 4 is 61.0 Å². The van der Waals surface area contributed by atoms with Crippen molar-refractivity contribution in [1.29, 1.82) is 0 Å². The van der Waals surface area contributed by atoms with E-state index in [0.717, 1.165) is 24.3 Å². The number of hydrogen-bond acceptors (Lipinski definition) is 16. The molecule has 27 heteroatoms. The lowest BCUT2D eigenvalue weighted by Gasteiger charge is -2.33. The zero-order valence-corrected chi connectivity index (χ0v) is 41.9. The highest BCUT2D eigenvalue weighted by atomic mass is 16.4. The number of aliphatic hydroxyl groups is 1. The van der Waals surface area contributed by atoms with Crippen LogP contribution in [0.2, 0.25) is 0 Å². The summed E-state index contributed by atoms with van der Waals surface area (Å²) in [5.74, 6) is -4.15. The van der Waals surface area contributed by atoms with E-state index in [2.05, 4.69) is 20.9 Å². The number of likely N-dealkylation sites (tertiary alicyclic amines) is 1. The Labute approximate surface area is 417 Å². The van der Waals surface area contributed by atoms with Crippen molar-refractivity contribution in [2.24, 2.45) is 16.6 Å². The minimum atomic E-state index is -1.68. The molecule has 2 aliphatic heterocycles. The van der Waals surface area contributed by atoms with Gasteiger partial charge in [0.25, 0.3) is 0 Å². The quantitative estimate of drug-likeness (QED) is 0.0136. The fourth-order valence-electron chi connectivity index (χ4n) is 8.51. The number of carboxylic acid groups (broad SMARTS) is 3. The van der Waals surface area contributed by atoms with Crippen LogP contribution in [0.15, 0.2) is 4.99 Å². The van der Waals surface area contributed by atoms with Crippen LogP contribution in [-0.4, -0.2) is 276 Å². The molecule has 26 nitrogen and oxygen atoms in total. The molecule has 3 fully saturated rings. The number of aliphatic carboxylic acids is 3. The lowest BCUT2D eigenvalue weighted by atomic mass is 9.77. The van der Waals surface area contributed by atoms with Gasteiger partial charge in [-0.2, -0.15) is 0 Å². The van der Waals surface area contributed by atoms with Crippen LogP contribution >= 0.6 is 0 Å². The van der Waals surface area contributed by atoms with E-state index in [1.165, 1.54) is 19.3 Å². The Morgan fingerprint density at radius 2 is 1.28 bits per heavy atom. The Morgan fingerprint density at radius 1 is 0.761 bits per heavy atom. The van der Waals surface area contributed by atoms with E-state index in [4.69, 9.17) is 15.8 Å². The van der Waals surface area contributed by atoms with Crippen molar-refractivity contribution in [3.8, 4) is 0 Å². The van der Waals surface area contributed by atoms with E-state index >= 15 is 0 Å². The normalized spacial score (nSPS) is 19.7. The van der Waals surface area contributed by atoms with E-state index in [1.54, 1.807) is 45.6 Å². The highest BCUT2D eigenvalue weighted by molar-refractivity contribution is 6.43. The number of β-amino-alcohol motifs (C(OH)–C–C–N with tert-alkyl or cyclic N) is 1. The standard InChI is InChI=1S/C37H68N10O9.C7H13BN2O5/c1-42(2)37(38)39-14-9-12-30(36(56)43(3)15-8-7-13-31(48)40-24-29-10-5-4-6-11-29)41-32(49)25-44-16-18-45(26-33(50)51)20-22-47(28-35(54)55)23-21-46(19-17-44)27-34(52)53;11-4-9-2-7(13)10-3-5(12)1-6(10)8(14)15/h29-30H,4-28H2,1-3H3,(H2,38,39)(H,40,48)(H,41,49)(H,50,51)(H,52,53)(H,54,55);4-6,12,14-15H,1-3H2,(H,9,11)/t30-;/m0./s1. The first-order valence-electron chi connectivity index (χ1n) is 24.5. The second-order valence-corrected chi connectivity index (χ2v) is 18.6. The molecule has 0 spiro atoms. The molecule has 0 radical (unpaired) electrons. The molecule has 0 aromatic rings. The number of carbonyl (C=O) groups is 8. The van der Waals surface area contributed by atoms with Gasteiger partial charge in [0.1, 0.15) is 6.04 Å². The monoisotopic (exact) mass is 1010 g/mol. The molecular weight excluding hydrogens is 931 g/mol. The van der Waals surface area contributed by atoms with Gasteiger partial charge in [-0.15, -0.1) is 0 Å². The molecule has 2 heterocycles. The number of guanidine groups is 1. The number of amides is 5. The first kappa shape index (κ1) is 61.9. The third-order valence-electron chi connectivity index (χ3n) is 12.5. The fraction of sp³-hybridized carbons (Fsp3) is 0.795. The van der Waals surface area contributed by atoms with Crippen LogP contribution in [0.1, 0.15) is 70.6 Å². The molecule has 0 aromatic heterocycles. The maximum atomic E-state index is 13.7. The molecule has 3 rings (SSSR count). The highest BCUT2D eigenvalue weighted by Crippen LogP contribution is 2.23. The lowest BCUT2D eigenvalue weighted by Crippen LogP contribution is -2.52. The number of nitrogens with zero attached hydrogens (tertiary/aromatic N) is 8. The smallest absolute Gasteiger partial charge is 0.475 e. The van der Waals surface area contributed by atoms with Gasteiger partial charge in [0.15, 0.2) is 5.96 Å². The SMILES string of the molecule is CN(C)C(N)=NCCC[C@H](NC(=O)CN1CCN(CC(=O)O)CCN(CC(=O)O)CCN(CC(=O)O)CC1)C(=O)N(C)CCCCC(=O)NCC1CCCCC1.O=CNCC(=O)N1CC(O)CC1B(O)O. The zero-order valence-electron chi connectivity index (χ0n) is 41.9. The van der Waals surface area contributed by atoms with Gasteiger partial charge in [0.05, 0.1) is 44.8 Å². The molecule has 404 valence electrons. The summed E-state index contributed by atoms with van der Waals surface area (Å²) in [5.41, 5.74) is 5.93. The molecule has 0 aromatic carbocycles. The van der Waals surface area contributed by atoms with Gasteiger partial charge in [-0.3, -0.25) is 62.9 Å². The predicted molar refractivity (Wildman–Crippen MR) is 261 cm³/mol. The summed E-state index contributed by atoms with van der Waals surface area (Å²) < 4.78 is 0. The molecule has 2 saturated heterocycles. The van der Waals surface area contributed by atoms with Crippen LogP contribution in [0.4, 0.5) is 0 Å². The number of carbonyl (C=O) groups excluding carboxylic acids is 5. The number of likely N-dealkylation sites (N-methyl/N-ethyl adjacent to an activating group) is 1. The maximum Gasteiger partial charge on any atom is 0.475 e. The summed E-state index contributed by atoms with van der Waals surface area (Å²) in [6.07, 6.45) is 8.16. The minimum Gasteiger partial charge on any atom is -0.480 e. The Hall–Kier alpha value is -5.19. The van der Waals surface area contributed by atoms with Gasteiger partial charge in [0.2, 0.25) is 30.0 Å². The van der Waals surface area contributed by atoms with Gasteiger partial charge in [-0.05, 0) is 50.9 Å². The molecule has 71 heavy (non-hydrogen) atoms. The van der Waals surface area contributed by atoms with Crippen molar-refractivity contribution < 1.29 is 68.8 Å². The number of unbranched alkanes of at least 4 members (excludes halogenated alkanes) is 1. The number of rotatable bonds is 25. The number of aliphatic hydroxyl groups excluding tert-OH is 1. The second kappa shape index (κ2) is 34.2. The van der Waals surface area contributed by atoms with Crippen molar-refractivity contribution in [2.45, 2.75) is 88.7 Å². The largest absolute Gasteiger partial charge is 0.480 e. The first-order valence-corrected chi connectivity index (χ1v) is 24.5. The summed E-state index contributed by atoms with van der Waals surface area (Å²) in [5, 5.41) is 63.8. The van der Waals surface area contributed by atoms with Gasteiger partial charge < -0.3 is 66.9 Å². The highest BCUT2D eigenvalue weighted by Gasteiger charge is 2.41. The number of aliphatic imine (C=N–C) groups is 1. The van der Waals surface area contributed by atoms with Gasteiger partial charge in [0, 0.05) is 106 Å². The van der Waals surface area contributed by atoms with Crippen molar-refractivity contribution in [2.75, 3.05) is 132 Å². The van der Waals surface area contributed by atoms with Crippen molar-refractivity contribution in [1.82, 2.24) is 50.2 Å². The molecule has 5 amide bonds. The maximum absolute atomic E-state index is 13.7. The van der Waals surface area contributed by atoms with Crippen LogP contribution in [0.3, 0.4) is 0 Å². The minimum absolute atomic E-state index is 0.0197. The molecule has 1 aliphatic carbocycles. The number of nitrogens with two attached hydrogens (primary N) is 1. The predicted octanol–water partition coefficient (Wildman–Crippen LogP) is -4.37. The van der Waals surface area contributed by atoms with Crippen LogP contribution in [0.5, 0.6) is 0 Å². The van der Waals surface area contributed by atoms with E-state index in [1.807, 2.05) is 4.90 Å². The number of nitrogens with one attached hydrogen (secondary N) is 3. The van der Waals surface area contributed by atoms with Crippen molar-refractivity contribution in [3.63, 3.8) is 0 Å². The average molecular weight is 1010 g/mol. The zero-order chi connectivity index (χ0) is 52.9. The fourth-order valence-corrected chi connectivity index (χ4v) is 8.51. The molecule has 3 atom stereocenters. The number of carboxylic acids is 3. The summed E-state index contributed by atoms with van der Waals surface area (Å²) in [7, 11) is 3.54. The van der Waals surface area contributed by atoms with Crippen LogP contribution in [0.25, 0.3) is 0 Å². The number of hydrogen-bond donors (Lipinski definition) is 10. The van der Waals surface area contributed by atoms with Crippen LogP contribution < -0.4 is 21.7 Å². The summed E-state index contributed by atoms with van der Waals surface area (Å²) in [6.45, 7) is 2.46. The lowest BCUT2D eigenvalue weighted by molar-refractivity contribution is -0.140. The molecule has 2 unspecified atom stereocenters. The van der Waals surface area contributed by atoms with Gasteiger partial charge >= 0.3 is 25.0 Å². The van der Waals surface area contributed by atoms with Gasteiger partial charge in [-0.1, -0.05) is 19.3 Å². The first-order chi connectivity index (χ1) is 33.7. The Balaban J connectivity index is 0.000000976. The third kappa shape index (κ3) is 26.7. The van der Waals surface area contributed by atoms with Crippen molar-refractivity contribution in [3.05, 3.63) is 0 Å². The van der Waals surface area contributed by atoms with Crippen LogP contribution in [-0.2, 0) is 38.4 Å². The van der Waals surface area contributed by atoms with Gasteiger partial charge in [-0.25, -0.2) is 0 Å². The summed E-state index contributed by atoms with van der Waals surface area (Å²) in [4.78, 5) is 112. The average Bonchev–Trinajstić information content (AvgIpc) is 3.72. The Bertz CT molecular complexity index is 1680. The second-order valence-electron chi connectivity index (χ2n) is 18.6.